The number of Topliss-reactive ketones (excluding diaryl/α,β-unsaturated/α-hetero) is 1. The Hall–Kier alpha value is -3.57. The minimum atomic E-state index is -1.39. The first-order valence-electron chi connectivity index (χ1n) is 14.2. The lowest BCUT2D eigenvalue weighted by molar-refractivity contribution is -0.145. The molecule has 1 saturated heterocycles. The predicted octanol–water partition coefficient (Wildman–Crippen LogP) is 6.27. The fraction of sp³-hybridized carbons (Fsp3) is 0.485. The highest BCUT2D eigenvalue weighted by atomic mass is 16.5. The minimum Gasteiger partial charge on any atom is -0.494 e. The molecular formula is C33H33N3O2. The molecule has 192 valence electrons. The molecule has 38 heavy (non-hydrogen) atoms. The van der Waals surface area contributed by atoms with Gasteiger partial charge in [-0.15, -0.1) is 0 Å². The summed E-state index contributed by atoms with van der Waals surface area (Å²) in [6.07, 6.45) is 10.7. The lowest BCUT2D eigenvalue weighted by Crippen LogP contribution is -2.56. The molecule has 2 aromatic carbocycles. The Balaban J connectivity index is 1.41. The van der Waals surface area contributed by atoms with Crippen LogP contribution in [-0.4, -0.2) is 24.5 Å². The number of hydrogen-bond acceptors (Lipinski definition) is 5. The molecule has 0 radical (unpaired) electrons. The molecule has 8 rings (SSSR count). The molecule has 3 atom stereocenters. The first kappa shape index (κ1) is 23.5. The molecule has 5 nitrogen and oxygen atoms in total. The zero-order chi connectivity index (χ0) is 26.1. The molecule has 0 aromatic heterocycles. The zero-order valence-electron chi connectivity index (χ0n) is 21.8. The van der Waals surface area contributed by atoms with Crippen LogP contribution in [0.3, 0.4) is 0 Å². The van der Waals surface area contributed by atoms with Crippen molar-refractivity contribution in [2.45, 2.75) is 63.5 Å². The Labute approximate surface area is 224 Å². The molecule has 2 aliphatic heterocycles. The second-order valence-corrected chi connectivity index (χ2v) is 12.3. The molecule has 0 unspecified atom stereocenters. The predicted molar refractivity (Wildman–Crippen MR) is 145 cm³/mol. The molecule has 6 aliphatic rings. The average molecular weight is 504 g/mol. The quantitative estimate of drug-likeness (QED) is 0.480. The van der Waals surface area contributed by atoms with Gasteiger partial charge >= 0.3 is 0 Å². The van der Waals surface area contributed by atoms with Gasteiger partial charge in [0.05, 0.1) is 30.8 Å². The number of para-hydroxylation sites is 1. The van der Waals surface area contributed by atoms with Crippen LogP contribution in [0.1, 0.15) is 62.5 Å². The van der Waals surface area contributed by atoms with Gasteiger partial charge in [-0.05, 0) is 92.5 Å². The van der Waals surface area contributed by atoms with Crippen molar-refractivity contribution in [1.29, 1.82) is 10.5 Å². The molecule has 2 heterocycles. The maximum atomic E-state index is 15.1. The highest BCUT2D eigenvalue weighted by Crippen LogP contribution is 2.63. The third-order valence-electron chi connectivity index (χ3n) is 10.3. The van der Waals surface area contributed by atoms with E-state index in [1.807, 2.05) is 61.5 Å². The topological polar surface area (TPSA) is 77.1 Å². The molecule has 0 N–H and O–H groups in total. The van der Waals surface area contributed by atoms with Gasteiger partial charge in [-0.1, -0.05) is 42.5 Å². The number of fused-ring (bicyclic) bond motifs is 3. The molecule has 2 aromatic rings. The number of rotatable bonds is 5. The van der Waals surface area contributed by atoms with Crippen molar-refractivity contribution in [3.8, 4) is 17.9 Å². The summed E-state index contributed by atoms with van der Waals surface area (Å²) in [4.78, 5) is 17.3. The lowest BCUT2D eigenvalue weighted by Gasteiger charge is -2.57. The van der Waals surface area contributed by atoms with E-state index in [-0.39, 0.29) is 11.2 Å². The number of anilines is 1. The monoisotopic (exact) mass is 503 g/mol. The van der Waals surface area contributed by atoms with Crippen molar-refractivity contribution >= 4 is 17.5 Å². The molecular weight excluding hydrogens is 470 g/mol. The van der Waals surface area contributed by atoms with Crippen LogP contribution in [0.2, 0.25) is 0 Å². The molecule has 4 saturated carbocycles. The first-order valence-corrected chi connectivity index (χ1v) is 14.2. The number of hydrogen-bond donors (Lipinski definition) is 0. The van der Waals surface area contributed by atoms with E-state index >= 15 is 4.79 Å². The highest BCUT2D eigenvalue weighted by Gasteiger charge is 2.66. The number of ether oxygens (including phenoxy) is 1. The molecule has 4 aliphatic carbocycles. The van der Waals surface area contributed by atoms with Crippen LogP contribution in [0.15, 0.2) is 54.6 Å². The van der Waals surface area contributed by atoms with E-state index in [1.165, 1.54) is 19.3 Å². The van der Waals surface area contributed by atoms with E-state index in [1.54, 1.807) is 0 Å². The first-order chi connectivity index (χ1) is 18.5. The second-order valence-electron chi connectivity index (χ2n) is 12.3. The van der Waals surface area contributed by atoms with Crippen molar-refractivity contribution < 1.29 is 9.53 Å². The summed E-state index contributed by atoms with van der Waals surface area (Å²) in [5.41, 5.74) is 1.11. The smallest absolute Gasteiger partial charge is 0.176 e. The van der Waals surface area contributed by atoms with Crippen molar-refractivity contribution in [2.75, 3.05) is 11.5 Å². The van der Waals surface area contributed by atoms with E-state index in [2.05, 4.69) is 23.1 Å². The summed E-state index contributed by atoms with van der Waals surface area (Å²) in [5, 5.41) is 21.5. The van der Waals surface area contributed by atoms with Crippen LogP contribution in [0.25, 0.3) is 6.08 Å². The Kier molecular flexibility index (Phi) is 5.25. The summed E-state index contributed by atoms with van der Waals surface area (Å²) in [6.45, 7) is 2.51. The van der Waals surface area contributed by atoms with Crippen LogP contribution in [0, 0.1) is 51.2 Å². The van der Waals surface area contributed by atoms with Crippen LogP contribution in [0.5, 0.6) is 5.75 Å². The fourth-order valence-electron chi connectivity index (χ4n) is 9.27. The van der Waals surface area contributed by atoms with Crippen molar-refractivity contribution in [1.82, 2.24) is 0 Å². The van der Waals surface area contributed by atoms with Gasteiger partial charge in [-0.3, -0.25) is 4.79 Å². The number of benzene rings is 2. The Morgan fingerprint density at radius 2 is 1.61 bits per heavy atom. The van der Waals surface area contributed by atoms with Crippen LogP contribution < -0.4 is 9.64 Å². The summed E-state index contributed by atoms with van der Waals surface area (Å²) in [5.74, 6) is 2.36. The summed E-state index contributed by atoms with van der Waals surface area (Å²) in [6, 6.07) is 19.7. The van der Waals surface area contributed by atoms with E-state index in [9.17, 15) is 10.5 Å². The Morgan fingerprint density at radius 3 is 2.21 bits per heavy atom. The van der Waals surface area contributed by atoms with Crippen LogP contribution >= 0.6 is 0 Å². The van der Waals surface area contributed by atoms with Gasteiger partial charge in [0.15, 0.2) is 11.2 Å². The Bertz CT molecular complexity index is 1350. The minimum absolute atomic E-state index is 0.262. The van der Waals surface area contributed by atoms with Gasteiger partial charge in [-0.25, -0.2) is 0 Å². The van der Waals surface area contributed by atoms with Gasteiger partial charge in [0.2, 0.25) is 0 Å². The lowest BCUT2D eigenvalue weighted by atomic mass is 9.47. The van der Waals surface area contributed by atoms with Gasteiger partial charge in [0.1, 0.15) is 5.75 Å². The van der Waals surface area contributed by atoms with E-state index < -0.39 is 23.4 Å². The van der Waals surface area contributed by atoms with Gasteiger partial charge in [0.25, 0.3) is 0 Å². The highest BCUT2D eigenvalue weighted by molar-refractivity contribution is 5.97. The SMILES string of the molecule is CCOc1ccc([C@@H]2[C@H](C(=O)C34CC5CC(CC(C5)C3)C4)N3c4ccccc4C=C[C@@H]3C2(C#N)C#N)cc1. The molecule has 0 spiro atoms. The maximum Gasteiger partial charge on any atom is 0.176 e. The molecule has 4 bridgehead atoms. The third-order valence-corrected chi connectivity index (χ3v) is 10.3. The van der Waals surface area contributed by atoms with Crippen molar-refractivity contribution in [2.24, 2.45) is 28.6 Å². The Morgan fingerprint density at radius 1 is 0.974 bits per heavy atom. The number of ketones is 1. The van der Waals surface area contributed by atoms with Crippen molar-refractivity contribution in [3.05, 3.63) is 65.7 Å². The molecule has 0 amide bonds. The number of carbonyl (C=O) groups excluding carboxylic acids is 1. The number of nitrogens with zero attached hydrogens (tertiary/aromatic N) is 3. The van der Waals surface area contributed by atoms with E-state index in [0.717, 1.165) is 41.8 Å². The summed E-state index contributed by atoms with van der Waals surface area (Å²) in [7, 11) is 0. The van der Waals surface area contributed by atoms with E-state index in [4.69, 9.17) is 4.74 Å². The molecule has 5 heteroatoms. The second kappa shape index (κ2) is 8.47. The van der Waals surface area contributed by atoms with Gasteiger partial charge < -0.3 is 9.64 Å². The fourth-order valence-corrected chi connectivity index (χ4v) is 9.27. The summed E-state index contributed by atoms with van der Waals surface area (Å²) >= 11 is 0. The van der Waals surface area contributed by atoms with Crippen LogP contribution in [0.4, 0.5) is 5.69 Å². The van der Waals surface area contributed by atoms with Gasteiger partial charge in [-0.2, -0.15) is 10.5 Å². The van der Waals surface area contributed by atoms with E-state index in [0.29, 0.717) is 24.4 Å². The number of carbonyl (C=O) groups is 1. The number of nitriles is 2. The largest absolute Gasteiger partial charge is 0.494 e. The molecule has 5 fully saturated rings. The normalized spacial score (nSPS) is 35.2. The summed E-state index contributed by atoms with van der Waals surface area (Å²) < 4.78 is 5.69. The standard InChI is InChI=1S/C33H33N3O2/c1-2-38-26-10-7-25(8-11-26)29-30(31(37)32-16-21-13-22(17-32)15-23(14-21)18-32)36-27-6-4-3-5-24(27)9-12-28(36)33(29,19-34)20-35/h3-12,21-23,28-30H,2,13-18H2,1H3/t21?,22?,23?,28-,29-,30-,32?/m1/s1. The average Bonchev–Trinajstić information content (AvgIpc) is 3.23. The zero-order valence-corrected chi connectivity index (χ0v) is 21.8. The van der Waals surface area contributed by atoms with Gasteiger partial charge in [0, 0.05) is 17.0 Å². The maximum absolute atomic E-state index is 15.1. The van der Waals surface area contributed by atoms with Crippen LogP contribution in [-0.2, 0) is 4.79 Å². The van der Waals surface area contributed by atoms with Crippen molar-refractivity contribution in [3.63, 3.8) is 0 Å². The third kappa shape index (κ3) is 3.18.